The number of carbonyl (C=O) groups excluding carboxylic acids is 2. The van der Waals surface area contributed by atoms with Crippen molar-refractivity contribution in [1.29, 1.82) is 0 Å². The lowest BCUT2D eigenvalue weighted by atomic mass is 9.91. The maximum Gasteiger partial charge on any atom is 0.364 e. The third kappa shape index (κ3) is 16.2. The zero-order valence-electron chi connectivity index (χ0n) is 48.7. The molecule has 1 unspecified atom stereocenters. The van der Waals surface area contributed by atoms with Crippen molar-refractivity contribution >= 4 is 17.8 Å². The molecule has 7 heterocycles. The van der Waals surface area contributed by atoms with Crippen LogP contribution in [-0.2, 0) is 76.0 Å². The van der Waals surface area contributed by atoms with Gasteiger partial charge in [-0.25, -0.2) is 4.79 Å². The molecule has 37 atom stereocenters. The number of carboxylic acid groups (broad SMARTS) is 1. The lowest BCUT2D eigenvalue weighted by Crippen LogP contribution is -2.71. The topological polar surface area (TPSA) is 681 Å². The molecule has 7 rings (SSSR count). The fraction of sp³-hybridized carbons (Fsp3) is 0.940. The van der Waals surface area contributed by atoms with E-state index in [1.807, 2.05) is 0 Å². The summed E-state index contributed by atoms with van der Waals surface area (Å²) in [5.41, 5.74) is 0. The first-order valence-electron chi connectivity index (χ1n) is 28.9. The highest BCUT2D eigenvalue weighted by Gasteiger charge is 2.62. The Kier molecular flexibility index (Phi) is 27.0. The first-order valence-corrected chi connectivity index (χ1v) is 28.9. The molecule has 2 amide bonds. The largest absolute Gasteiger partial charge is 0.477 e. The van der Waals surface area contributed by atoms with Gasteiger partial charge in [-0.3, -0.25) is 9.59 Å². The number of aliphatic hydroxyl groups excluding tert-OH is 22. The Morgan fingerprint density at radius 1 is 0.402 bits per heavy atom. The minimum atomic E-state index is -3.29. The van der Waals surface area contributed by atoms with E-state index in [2.05, 4.69) is 10.6 Å². The molecule has 0 aromatic rings. The number of carboxylic acids is 1. The van der Waals surface area contributed by atoms with Gasteiger partial charge in [0.05, 0.1) is 52.4 Å². The molecule has 92 heavy (non-hydrogen) atoms. The van der Waals surface area contributed by atoms with E-state index < -0.39 is 297 Å². The van der Waals surface area contributed by atoms with E-state index in [-0.39, 0.29) is 0 Å². The fourth-order valence-corrected chi connectivity index (χ4v) is 11.7. The van der Waals surface area contributed by atoms with Crippen LogP contribution >= 0.6 is 0 Å². The van der Waals surface area contributed by atoms with Crippen LogP contribution in [-0.4, -0.2) is 413 Å². The summed E-state index contributed by atoms with van der Waals surface area (Å²) in [5.74, 6) is -7.11. The minimum absolute atomic E-state index is 0.807. The second kappa shape index (κ2) is 32.6. The lowest BCUT2D eigenvalue weighted by molar-refractivity contribution is -0.415. The maximum absolute atomic E-state index is 12.5. The third-order valence-corrected chi connectivity index (χ3v) is 16.6. The molecular weight excluding hydrogens is 1270 g/mol. The third-order valence-electron chi connectivity index (χ3n) is 16.6. The summed E-state index contributed by atoms with van der Waals surface area (Å²) < 4.78 is 75.5. The molecule has 42 nitrogen and oxygen atoms in total. The van der Waals surface area contributed by atoms with Gasteiger partial charge >= 0.3 is 5.97 Å². The van der Waals surface area contributed by atoms with Crippen LogP contribution in [0.25, 0.3) is 0 Å². The van der Waals surface area contributed by atoms with Crippen LogP contribution in [0.15, 0.2) is 0 Å². The number of aliphatic carboxylic acids is 1. The molecule has 534 valence electrons. The Morgan fingerprint density at radius 2 is 0.783 bits per heavy atom. The fourth-order valence-electron chi connectivity index (χ4n) is 11.7. The number of carbonyl (C=O) groups is 3. The standard InChI is InChI=1S/C50H84N2O40/c1-11(60)51-21-26(69)23(66)17(7-56)80-43(21)88-39-25(68)19(9-58)82-46(32(39)75)87-38-20(10-59)83-45(31(74)30(38)73)91-42-36(15(64)5-54)86-47(85-35-13(62)3-50(79,49(77)78)92-37(35)16(65)6-55)33(76)40(42)89-48-41(29(72)28(71)34(84-48)14(63)4-53)90-44-22(52-12(2)61)27(70)24(67)18(8-57)81-44/h13-48,53-59,62-76,79H,3-10H2,1-2H3,(H,51,60)(H,52,61)(H,77,78)/t13-,14+,15+,16-,17-,18-,19-,20-,21-,22-,23-,24-,25+,26-,27-,28+,29+,30-,31-,32-,33+,34-,35-,36-,37-,38-,39+,40-,41+,42-,43+,44-,45+,46+,47+,48-,50?/m1/s1. The van der Waals surface area contributed by atoms with Gasteiger partial charge in [0.15, 0.2) is 37.7 Å². The summed E-state index contributed by atoms with van der Waals surface area (Å²) in [5, 5.41) is 267. The van der Waals surface area contributed by atoms with Crippen molar-refractivity contribution in [2.45, 2.75) is 247 Å². The Hall–Kier alpha value is -3.03. The molecule has 0 spiro atoms. The average molecular weight is 1350 g/mol. The zero-order chi connectivity index (χ0) is 68.3. The second-order valence-corrected chi connectivity index (χ2v) is 23.0. The number of nitrogens with one attached hydrogen (secondary N) is 2. The highest BCUT2D eigenvalue weighted by molar-refractivity contribution is 5.75. The van der Waals surface area contributed by atoms with Crippen LogP contribution in [0.4, 0.5) is 0 Å². The van der Waals surface area contributed by atoms with E-state index in [4.69, 9.17) is 61.6 Å². The van der Waals surface area contributed by atoms with Crippen molar-refractivity contribution in [1.82, 2.24) is 10.6 Å². The number of ether oxygens (including phenoxy) is 13. The second-order valence-electron chi connectivity index (χ2n) is 23.0. The van der Waals surface area contributed by atoms with E-state index in [9.17, 15) is 137 Å². The predicted molar refractivity (Wildman–Crippen MR) is 278 cm³/mol. The Bertz CT molecular complexity index is 2340. The van der Waals surface area contributed by atoms with Crippen LogP contribution in [0.3, 0.4) is 0 Å². The molecule has 26 N–H and O–H groups in total. The summed E-state index contributed by atoms with van der Waals surface area (Å²) in [6.45, 7) is -6.28. The summed E-state index contributed by atoms with van der Waals surface area (Å²) >= 11 is 0. The highest BCUT2D eigenvalue weighted by Crippen LogP contribution is 2.41. The molecule has 0 saturated carbocycles. The van der Waals surface area contributed by atoms with E-state index >= 15 is 0 Å². The number of rotatable bonds is 25. The normalized spacial score (nSPS) is 48.0. The van der Waals surface area contributed by atoms with Gasteiger partial charge < -0.3 is 195 Å². The maximum atomic E-state index is 12.5. The van der Waals surface area contributed by atoms with E-state index in [0.717, 1.165) is 13.8 Å². The summed E-state index contributed by atoms with van der Waals surface area (Å²) in [6, 6.07) is -3.50. The molecule has 7 saturated heterocycles. The Balaban J connectivity index is 1.25. The van der Waals surface area contributed by atoms with Crippen LogP contribution in [0.2, 0.25) is 0 Å². The molecule has 7 aliphatic heterocycles. The summed E-state index contributed by atoms with van der Waals surface area (Å²) in [6.07, 6.45) is -76.2. The molecular formula is C50H84N2O40. The van der Waals surface area contributed by atoms with Crippen LogP contribution in [0.5, 0.6) is 0 Å². The SMILES string of the molecule is CC(=O)N[C@H]1[C@H](O[C@H]2[C@@H](O)[C@@H](CO)O[C@@H](O[C@H]3[C@H](O)[C@@H](O)[C@H](O[C@H]4[C@H](O[C@H]5O[C@H]([C@@H](O)CO)[C@@H](O)[C@H](O)[C@@H]5O[C@H]5O[C@H](CO)[C@@H](O)[C@H](O)[C@H]5NC(C)=O)[C@H](O)[C@@H](O[C@H]5[C@@H]([C@H](O)CO)OC(O)(C(=O)O)C[C@H]5O)O[C@@H]4[C@@H](O)CO)O[C@@H]3CO)[C@@H]2O)O[C@H](CO)[C@@H](O)[C@@H]1O. The average Bonchev–Trinajstić information content (AvgIpc) is 0.768. The number of hydrogen-bond acceptors (Lipinski definition) is 39. The first kappa shape index (κ1) is 76.3. The molecule has 7 aliphatic rings. The van der Waals surface area contributed by atoms with Gasteiger partial charge in [-0.2, -0.15) is 0 Å². The smallest absolute Gasteiger partial charge is 0.364 e. The number of amides is 2. The van der Waals surface area contributed by atoms with Crippen LogP contribution in [0, 0.1) is 0 Å². The molecule has 0 aromatic heterocycles. The number of hydrogen-bond donors (Lipinski definition) is 26. The molecule has 0 aliphatic carbocycles. The number of aliphatic hydroxyl groups is 23. The Morgan fingerprint density at radius 3 is 1.28 bits per heavy atom. The summed E-state index contributed by atoms with van der Waals surface area (Å²) in [4.78, 5) is 36.7. The quantitative estimate of drug-likeness (QED) is 0.0404. The van der Waals surface area contributed by atoms with Crippen LogP contribution in [0.1, 0.15) is 20.3 Å². The monoisotopic (exact) mass is 1350 g/mol. The van der Waals surface area contributed by atoms with Gasteiger partial charge in [-0.1, -0.05) is 0 Å². The van der Waals surface area contributed by atoms with Crippen molar-refractivity contribution < 1.29 is 199 Å². The van der Waals surface area contributed by atoms with Gasteiger partial charge in [-0.15, -0.1) is 0 Å². The molecule has 42 heteroatoms. The minimum Gasteiger partial charge on any atom is -0.477 e. The van der Waals surface area contributed by atoms with Crippen molar-refractivity contribution in [2.24, 2.45) is 0 Å². The predicted octanol–water partition coefficient (Wildman–Crippen LogP) is -17.4. The molecule has 0 aromatic carbocycles. The zero-order valence-corrected chi connectivity index (χ0v) is 48.7. The van der Waals surface area contributed by atoms with Gasteiger partial charge in [0.25, 0.3) is 5.79 Å². The first-order chi connectivity index (χ1) is 43.3. The molecule has 0 radical (unpaired) electrons. The van der Waals surface area contributed by atoms with Crippen molar-refractivity contribution in [3.8, 4) is 0 Å². The van der Waals surface area contributed by atoms with Crippen molar-refractivity contribution in [2.75, 3.05) is 46.2 Å². The van der Waals surface area contributed by atoms with Crippen molar-refractivity contribution in [3.05, 3.63) is 0 Å². The van der Waals surface area contributed by atoms with E-state index in [0.29, 0.717) is 0 Å². The summed E-state index contributed by atoms with van der Waals surface area (Å²) in [7, 11) is 0. The van der Waals surface area contributed by atoms with Gasteiger partial charge in [-0.05, 0) is 0 Å². The van der Waals surface area contributed by atoms with E-state index in [1.165, 1.54) is 0 Å². The van der Waals surface area contributed by atoms with Gasteiger partial charge in [0.2, 0.25) is 11.8 Å². The van der Waals surface area contributed by atoms with Crippen molar-refractivity contribution in [3.63, 3.8) is 0 Å². The van der Waals surface area contributed by atoms with Gasteiger partial charge in [0, 0.05) is 20.3 Å². The Labute approximate surface area is 519 Å². The lowest BCUT2D eigenvalue weighted by Gasteiger charge is -2.52. The van der Waals surface area contributed by atoms with E-state index in [1.54, 1.807) is 0 Å². The van der Waals surface area contributed by atoms with Gasteiger partial charge in [0.1, 0.15) is 177 Å². The molecule has 0 bridgehead atoms. The molecule has 7 fully saturated rings. The highest BCUT2D eigenvalue weighted by atomic mass is 16.8. The van der Waals surface area contributed by atoms with Crippen LogP contribution < -0.4 is 10.6 Å².